The van der Waals surface area contributed by atoms with Gasteiger partial charge in [0.05, 0.1) is 7.11 Å². The molecule has 2 atom stereocenters. The average Bonchev–Trinajstić information content (AvgIpc) is 2.43. The molecule has 0 saturated heterocycles. The van der Waals surface area contributed by atoms with Gasteiger partial charge in [0.1, 0.15) is 6.04 Å². The summed E-state index contributed by atoms with van der Waals surface area (Å²) in [6, 6.07) is 10.4. The first kappa shape index (κ1) is 15.7. The Bertz CT molecular complexity index is 364. The third-order valence-electron chi connectivity index (χ3n) is 3.20. The van der Waals surface area contributed by atoms with Gasteiger partial charge < -0.3 is 10.1 Å². The lowest BCUT2D eigenvalue weighted by Gasteiger charge is -2.21. The number of benzene rings is 1. The monoisotopic (exact) mass is 263 g/mol. The molecule has 19 heavy (non-hydrogen) atoms. The molecule has 106 valence electrons. The van der Waals surface area contributed by atoms with Crippen LogP contribution in [-0.2, 0) is 16.0 Å². The van der Waals surface area contributed by atoms with Gasteiger partial charge in [0, 0.05) is 6.04 Å². The molecular formula is C16H25NO2. The van der Waals surface area contributed by atoms with E-state index in [0.29, 0.717) is 0 Å². The lowest BCUT2D eigenvalue weighted by molar-refractivity contribution is -0.143. The molecule has 0 heterocycles. The van der Waals surface area contributed by atoms with Gasteiger partial charge in [0.15, 0.2) is 0 Å². The lowest BCUT2D eigenvalue weighted by Crippen LogP contribution is -2.43. The third-order valence-corrected chi connectivity index (χ3v) is 3.20. The van der Waals surface area contributed by atoms with E-state index in [1.54, 1.807) is 0 Å². The van der Waals surface area contributed by atoms with Crippen molar-refractivity contribution in [2.75, 3.05) is 7.11 Å². The number of carbonyl (C=O) groups is 1. The summed E-state index contributed by atoms with van der Waals surface area (Å²) < 4.78 is 4.86. The molecule has 0 fully saturated rings. The minimum Gasteiger partial charge on any atom is -0.468 e. The van der Waals surface area contributed by atoms with Crippen molar-refractivity contribution in [1.82, 2.24) is 5.32 Å². The minimum absolute atomic E-state index is 0.159. The van der Waals surface area contributed by atoms with Crippen molar-refractivity contribution < 1.29 is 9.53 Å². The lowest BCUT2D eigenvalue weighted by atomic mass is 10.0. The van der Waals surface area contributed by atoms with Crippen LogP contribution in [0.15, 0.2) is 30.3 Å². The van der Waals surface area contributed by atoms with Crippen molar-refractivity contribution in [2.24, 2.45) is 0 Å². The number of unbranched alkanes of at least 4 members (excludes halogenated alkanes) is 1. The second-order valence-corrected chi connectivity index (χ2v) is 4.98. The number of nitrogens with one attached hydrogen (secondary N) is 1. The Balaban J connectivity index is 2.50. The second-order valence-electron chi connectivity index (χ2n) is 4.98. The average molecular weight is 263 g/mol. The maximum absolute atomic E-state index is 11.7. The molecule has 0 amide bonds. The largest absolute Gasteiger partial charge is 0.468 e. The van der Waals surface area contributed by atoms with Crippen LogP contribution in [0, 0.1) is 0 Å². The van der Waals surface area contributed by atoms with Crippen molar-refractivity contribution in [3.63, 3.8) is 0 Å². The molecule has 3 nitrogen and oxygen atoms in total. The minimum atomic E-state index is -0.191. The zero-order chi connectivity index (χ0) is 14.1. The Morgan fingerprint density at radius 1 is 1.32 bits per heavy atom. The summed E-state index contributed by atoms with van der Waals surface area (Å²) in [5, 5.41) is 3.38. The van der Waals surface area contributed by atoms with Crippen LogP contribution >= 0.6 is 0 Å². The Kier molecular flexibility index (Phi) is 7.19. The zero-order valence-corrected chi connectivity index (χ0v) is 12.2. The standard InChI is InChI=1S/C16H25NO2/c1-4-5-11-15(16(18)19-3)17-13(2)12-14-9-7-6-8-10-14/h6-10,13,15,17H,4-5,11-12H2,1-3H3. The Labute approximate surface area is 116 Å². The summed E-state index contributed by atoms with van der Waals surface area (Å²) in [5.41, 5.74) is 1.28. The molecule has 0 aliphatic heterocycles. The summed E-state index contributed by atoms with van der Waals surface area (Å²) in [5.74, 6) is -0.159. The molecule has 2 unspecified atom stereocenters. The zero-order valence-electron chi connectivity index (χ0n) is 12.2. The van der Waals surface area contributed by atoms with Gasteiger partial charge in [0.2, 0.25) is 0 Å². The first-order valence-electron chi connectivity index (χ1n) is 7.05. The molecule has 3 heteroatoms. The molecule has 1 aromatic carbocycles. The molecule has 0 aliphatic carbocycles. The molecule has 1 rings (SSSR count). The van der Waals surface area contributed by atoms with Gasteiger partial charge in [-0.05, 0) is 25.3 Å². The van der Waals surface area contributed by atoms with E-state index in [4.69, 9.17) is 4.74 Å². The van der Waals surface area contributed by atoms with Gasteiger partial charge in [0.25, 0.3) is 0 Å². The van der Waals surface area contributed by atoms with Crippen molar-refractivity contribution in [3.8, 4) is 0 Å². The van der Waals surface area contributed by atoms with Gasteiger partial charge in [-0.15, -0.1) is 0 Å². The van der Waals surface area contributed by atoms with Crippen molar-refractivity contribution in [1.29, 1.82) is 0 Å². The van der Waals surface area contributed by atoms with E-state index in [2.05, 4.69) is 31.3 Å². The second kappa shape index (κ2) is 8.70. The van der Waals surface area contributed by atoms with E-state index >= 15 is 0 Å². The number of methoxy groups -OCH3 is 1. The summed E-state index contributed by atoms with van der Waals surface area (Å²) >= 11 is 0. The molecular weight excluding hydrogens is 238 g/mol. The van der Waals surface area contributed by atoms with Crippen LogP contribution < -0.4 is 5.32 Å². The number of hydrogen-bond donors (Lipinski definition) is 1. The number of hydrogen-bond acceptors (Lipinski definition) is 3. The highest BCUT2D eigenvalue weighted by Gasteiger charge is 2.20. The summed E-state index contributed by atoms with van der Waals surface area (Å²) in [6.07, 6.45) is 3.87. The van der Waals surface area contributed by atoms with E-state index in [1.807, 2.05) is 18.2 Å². The molecule has 0 bridgehead atoms. The molecule has 0 aromatic heterocycles. The molecule has 0 spiro atoms. The van der Waals surface area contributed by atoms with Gasteiger partial charge >= 0.3 is 5.97 Å². The van der Waals surface area contributed by atoms with E-state index < -0.39 is 0 Å². The quantitative estimate of drug-likeness (QED) is 0.733. The number of rotatable bonds is 8. The van der Waals surface area contributed by atoms with Crippen molar-refractivity contribution in [2.45, 2.75) is 51.6 Å². The number of carbonyl (C=O) groups excluding carboxylic acids is 1. The van der Waals surface area contributed by atoms with Gasteiger partial charge in [-0.1, -0.05) is 50.1 Å². The van der Waals surface area contributed by atoms with Crippen LogP contribution in [0.4, 0.5) is 0 Å². The highest BCUT2D eigenvalue weighted by atomic mass is 16.5. The smallest absolute Gasteiger partial charge is 0.322 e. The van der Waals surface area contributed by atoms with Crippen LogP contribution in [0.2, 0.25) is 0 Å². The summed E-state index contributed by atoms with van der Waals surface area (Å²) in [6.45, 7) is 4.23. The van der Waals surface area contributed by atoms with E-state index in [0.717, 1.165) is 25.7 Å². The van der Waals surface area contributed by atoms with Crippen molar-refractivity contribution in [3.05, 3.63) is 35.9 Å². The Hall–Kier alpha value is -1.35. The fourth-order valence-electron chi connectivity index (χ4n) is 2.19. The third kappa shape index (κ3) is 5.88. The van der Waals surface area contributed by atoms with Crippen LogP contribution in [0.25, 0.3) is 0 Å². The predicted molar refractivity (Wildman–Crippen MR) is 78.1 cm³/mol. The highest BCUT2D eigenvalue weighted by Crippen LogP contribution is 2.07. The molecule has 1 N–H and O–H groups in total. The highest BCUT2D eigenvalue weighted by molar-refractivity contribution is 5.75. The number of esters is 1. The normalized spacial score (nSPS) is 13.8. The van der Waals surface area contributed by atoms with E-state index in [-0.39, 0.29) is 18.1 Å². The SMILES string of the molecule is CCCCC(NC(C)Cc1ccccc1)C(=O)OC. The fourth-order valence-corrected chi connectivity index (χ4v) is 2.19. The fraction of sp³-hybridized carbons (Fsp3) is 0.562. The molecule has 0 aliphatic rings. The maximum atomic E-state index is 11.7. The number of ether oxygens (including phenoxy) is 1. The summed E-state index contributed by atoms with van der Waals surface area (Å²) in [4.78, 5) is 11.7. The predicted octanol–water partition coefficient (Wildman–Crippen LogP) is 2.94. The van der Waals surface area contributed by atoms with Gasteiger partial charge in [-0.2, -0.15) is 0 Å². The molecule has 0 saturated carbocycles. The Morgan fingerprint density at radius 3 is 2.58 bits per heavy atom. The van der Waals surface area contributed by atoms with E-state index in [9.17, 15) is 4.79 Å². The van der Waals surface area contributed by atoms with E-state index in [1.165, 1.54) is 12.7 Å². The summed E-state index contributed by atoms with van der Waals surface area (Å²) in [7, 11) is 1.45. The van der Waals surface area contributed by atoms with Crippen molar-refractivity contribution >= 4 is 5.97 Å². The Morgan fingerprint density at radius 2 is 2.00 bits per heavy atom. The van der Waals surface area contributed by atoms with Gasteiger partial charge in [-0.3, -0.25) is 4.79 Å². The molecule has 1 aromatic rings. The van der Waals surface area contributed by atoms with Gasteiger partial charge in [-0.25, -0.2) is 0 Å². The van der Waals surface area contributed by atoms with Crippen LogP contribution in [0.1, 0.15) is 38.7 Å². The van der Waals surface area contributed by atoms with Crippen LogP contribution in [0.5, 0.6) is 0 Å². The first-order chi connectivity index (χ1) is 9.17. The maximum Gasteiger partial charge on any atom is 0.322 e. The molecule has 0 radical (unpaired) electrons. The first-order valence-corrected chi connectivity index (χ1v) is 7.05. The topological polar surface area (TPSA) is 38.3 Å². The van der Waals surface area contributed by atoms with Crippen LogP contribution in [-0.4, -0.2) is 25.2 Å². The van der Waals surface area contributed by atoms with Crippen LogP contribution in [0.3, 0.4) is 0 Å².